The Balaban J connectivity index is 1.56. The number of esters is 1. The summed E-state index contributed by atoms with van der Waals surface area (Å²) < 4.78 is 18.6. The Labute approximate surface area is 270 Å². The van der Waals surface area contributed by atoms with Gasteiger partial charge < -0.3 is 29.5 Å². The Hall–Kier alpha value is -4.46. The minimum Gasteiger partial charge on any atom is -0.508 e. The summed E-state index contributed by atoms with van der Waals surface area (Å²) in [7, 11) is 1.34. The maximum Gasteiger partial charge on any atom is 0.350 e. The molecule has 3 aliphatic rings. The van der Waals surface area contributed by atoms with E-state index >= 15 is 0 Å². The number of phenols is 2. The number of hydrogen-bond donors (Lipinski definition) is 3. The van der Waals surface area contributed by atoms with Crippen LogP contribution in [-0.4, -0.2) is 40.0 Å². The monoisotopic (exact) mass is 628 g/mol. The van der Waals surface area contributed by atoms with Gasteiger partial charge in [0.25, 0.3) is 0 Å². The van der Waals surface area contributed by atoms with Crippen LogP contribution in [0.15, 0.2) is 71.4 Å². The smallest absolute Gasteiger partial charge is 0.350 e. The Morgan fingerprint density at radius 2 is 1.78 bits per heavy atom. The maximum atomic E-state index is 13.2. The zero-order chi connectivity index (χ0) is 33.4. The summed E-state index contributed by atoms with van der Waals surface area (Å²) >= 11 is 0. The Morgan fingerprint density at radius 1 is 1.04 bits per heavy atom. The molecule has 0 saturated heterocycles. The molecule has 2 aromatic carbocycles. The summed E-state index contributed by atoms with van der Waals surface area (Å²) in [6.07, 6.45) is 10.0. The van der Waals surface area contributed by atoms with Crippen LogP contribution >= 0.6 is 0 Å². The molecule has 2 bridgehead atoms. The molecule has 1 fully saturated rings. The number of allylic oxidation sites excluding steroid dienone is 5. The highest BCUT2D eigenvalue weighted by molar-refractivity contribution is 5.89. The molecule has 0 radical (unpaired) electrons. The lowest BCUT2D eigenvalue weighted by Crippen LogP contribution is -2.62. The van der Waals surface area contributed by atoms with Crippen LogP contribution in [-0.2, 0) is 26.3 Å². The van der Waals surface area contributed by atoms with E-state index in [2.05, 4.69) is 39.5 Å². The molecule has 2 aromatic rings. The third-order valence-electron chi connectivity index (χ3n) is 9.52. The van der Waals surface area contributed by atoms with Crippen molar-refractivity contribution in [1.82, 2.24) is 0 Å². The summed E-state index contributed by atoms with van der Waals surface area (Å²) in [5.74, 6) is -0.966. The molecule has 5 rings (SSSR count). The molecule has 1 saturated carbocycles. The molecule has 3 atom stereocenters. The van der Waals surface area contributed by atoms with E-state index in [-0.39, 0.29) is 35.8 Å². The lowest BCUT2D eigenvalue weighted by atomic mass is 9.60. The van der Waals surface area contributed by atoms with Crippen molar-refractivity contribution in [3.8, 4) is 34.1 Å². The van der Waals surface area contributed by atoms with Crippen molar-refractivity contribution in [2.75, 3.05) is 7.11 Å². The number of carbonyl (C=O) groups excluding carboxylic acids is 1. The number of rotatable bonds is 11. The first-order valence-electron chi connectivity index (χ1n) is 15.9. The molecule has 8 nitrogen and oxygen atoms in total. The summed E-state index contributed by atoms with van der Waals surface area (Å²) in [5.41, 5.74) is 3.31. The first-order chi connectivity index (χ1) is 21.8. The van der Waals surface area contributed by atoms with E-state index in [1.807, 2.05) is 6.92 Å². The van der Waals surface area contributed by atoms with Gasteiger partial charge in [0.1, 0.15) is 28.6 Å². The quantitative estimate of drug-likeness (QED) is 0.130. The van der Waals surface area contributed by atoms with E-state index in [9.17, 15) is 24.9 Å². The van der Waals surface area contributed by atoms with Gasteiger partial charge in [-0.15, -0.1) is 0 Å². The highest BCUT2D eigenvalue weighted by Gasteiger charge is 2.64. The summed E-state index contributed by atoms with van der Waals surface area (Å²) in [6.45, 7) is 12.4. The number of benzene rings is 2. The van der Waals surface area contributed by atoms with Gasteiger partial charge in [0.05, 0.1) is 7.11 Å². The molecule has 0 aromatic heterocycles. The lowest BCUT2D eigenvalue weighted by Gasteiger charge is -2.56. The topological polar surface area (TPSA) is 123 Å². The van der Waals surface area contributed by atoms with Gasteiger partial charge in [0.15, 0.2) is 0 Å². The number of phenolic OH excluding ortho intramolecular Hbond substituents is 2. The van der Waals surface area contributed by atoms with Crippen LogP contribution < -0.4 is 9.47 Å². The van der Waals surface area contributed by atoms with Crippen LogP contribution in [0.25, 0.3) is 11.1 Å². The minimum absolute atomic E-state index is 0.0204. The van der Waals surface area contributed by atoms with Crippen molar-refractivity contribution in [2.45, 2.75) is 90.3 Å². The molecule has 8 heteroatoms. The van der Waals surface area contributed by atoms with Gasteiger partial charge in [-0.1, -0.05) is 41.5 Å². The summed E-state index contributed by atoms with van der Waals surface area (Å²) in [5, 5.41) is 32.2. The fourth-order valence-electron chi connectivity index (χ4n) is 7.37. The van der Waals surface area contributed by atoms with E-state index in [1.165, 1.54) is 30.4 Å². The van der Waals surface area contributed by atoms with Crippen LogP contribution in [0.5, 0.6) is 23.0 Å². The van der Waals surface area contributed by atoms with E-state index < -0.39 is 23.1 Å². The van der Waals surface area contributed by atoms with Crippen LogP contribution in [0.2, 0.25) is 0 Å². The minimum atomic E-state index is -1.29. The van der Waals surface area contributed by atoms with Gasteiger partial charge in [-0.2, -0.15) is 0 Å². The standard InChI is InChI=1S/C38H44O8/c1-22(2)9-7-10-24(5)11-8-12-25(35(41)42)13-14-26-19-27(39)20-28-32-30(40)15-16-31-33(32)38(46-34(26)28)21-37(45-31,36(43)44-6)18-17-29(38)23(3)4/h9,11,13,15-16,19-20,29,39-40H,3,7-8,10,12,14,17-18,21H2,1-2,4-6H3,(H,41,42)/b24-11+,25-13-/t29-,37-,38+/m0/s1. The molecule has 2 aliphatic heterocycles. The van der Waals surface area contributed by atoms with E-state index in [4.69, 9.17) is 14.2 Å². The second-order valence-electron chi connectivity index (χ2n) is 13.2. The first kappa shape index (κ1) is 32.9. The van der Waals surface area contributed by atoms with Crippen molar-refractivity contribution >= 4 is 11.9 Å². The van der Waals surface area contributed by atoms with E-state index in [0.717, 1.165) is 18.4 Å². The average molecular weight is 629 g/mol. The van der Waals surface area contributed by atoms with Crippen LogP contribution in [0.4, 0.5) is 0 Å². The summed E-state index contributed by atoms with van der Waals surface area (Å²) in [6, 6.07) is 6.25. The van der Waals surface area contributed by atoms with Crippen molar-refractivity contribution in [2.24, 2.45) is 5.92 Å². The number of methoxy groups -OCH3 is 1. The van der Waals surface area contributed by atoms with Crippen molar-refractivity contribution in [3.05, 3.63) is 82.5 Å². The number of aromatic hydroxyl groups is 2. The number of fused-ring (bicyclic) bond motifs is 3. The lowest BCUT2D eigenvalue weighted by molar-refractivity contribution is -0.181. The van der Waals surface area contributed by atoms with Gasteiger partial charge in [0.2, 0.25) is 5.60 Å². The molecule has 0 unspecified atom stereocenters. The third-order valence-corrected chi connectivity index (χ3v) is 9.52. The number of carboxylic acids is 1. The third kappa shape index (κ3) is 5.93. The van der Waals surface area contributed by atoms with Crippen LogP contribution in [0.3, 0.4) is 0 Å². The Morgan fingerprint density at radius 3 is 2.46 bits per heavy atom. The van der Waals surface area contributed by atoms with Crippen molar-refractivity contribution < 1.29 is 39.1 Å². The van der Waals surface area contributed by atoms with Crippen molar-refractivity contribution in [3.63, 3.8) is 0 Å². The van der Waals surface area contributed by atoms with Crippen LogP contribution in [0, 0.1) is 5.92 Å². The maximum absolute atomic E-state index is 13.2. The number of ether oxygens (including phenoxy) is 3. The van der Waals surface area contributed by atoms with Crippen LogP contribution in [0.1, 0.15) is 83.8 Å². The predicted octanol–water partition coefficient (Wildman–Crippen LogP) is 8.06. The summed E-state index contributed by atoms with van der Waals surface area (Å²) in [4.78, 5) is 25.5. The number of hydrogen-bond acceptors (Lipinski definition) is 7. The molecular formula is C38H44O8. The van der Waals surface area contributed by atoms with Gasteiger partial charge in [-0.25, -0.2) is 9.59 Å². The first-order valence-corrected chi connectivity index (χ1v) is 15.9. The van der Waals surface area contributed by atoms with Gasteiger partial charge in [-0.05, 0) is 96.9 Å². The molecule has 1 aliphatic carbocycles. The average Bonchev–Trinajstić information content (AvgIpc) is 2.99. The Kier molecular flexibility index (Phi) is 9.12. The molecule has 0 amide bonds. The predicted molar refractivity (Wildman–Crippen MR) is 176 cm³/mol. The SMILES string of the molecule is C=C(C)[C@@H]1CC[C@@]2(C(=O)OC)C[C@@]13Oc1c(C/C=C(/CC/C=C(\C)CCC=C(C)C)C(=O)O)cc(O)cc1-c1c(O)ccc(c13)O2. The fourth-order valence-corrected chi connectivity index (χ4v) is 7.37. The molecular weight excluding hydrogens is 584 g/mol. The zero-order valence-electron chi connectivity index (χ0n) is 27.4. The highest BCUT2D eigenvalue weighted by Crippen LogP contribution is 2.65. The largest absolute Gasteiger partial charge is 0.508 e. The molecule has 2 heterocycles. The second-order valence-corrected chi connectivity index (χ2v) is 13.2. The fraction of sp³-hybridized carbons (Fsp3) is 0.421. The normalized spacial score (nSPS) is 22.8. The van der Waals surface area contributed by atoms with Gasteiger partial charge >= 0.3 is 11.9 Å². The number of carboxylic acid groups (broad SMARTS) is 1. The van der Waals surface area contributed by atoms with Crippen molar-refractivity contribution in [1.29, 1.82) is 0 Å². The number of aliphatic carboxylic acids is 1. The highest BCUT2D eigenvalue weighted by atomic mass is 16.6. The second kappa shape index (κ2) is 12.7. The molecule has 244 valence electrons. The van der Waals surface area contributed by atoms with Gasteiger partial charge in [-0.3, -0.25) is 0 Å². The van der Waals surface area contributed by atoms with Gasteiger partial charge in [0, 0.05) is 40.2 Å². The molecule has 46 heavy (non-hydrogen) atoms. The van der Waals surface area contributed by atoms with E-state index in [0.29, 0.717) is 59.4 Å². The molecule has 3 N–H and O–H groups in total. The van der Waals surface area contributed by atoms with E-state index in [1.54, 1.807) is 18.2 Å². The zero-order valence-corrected chi connectivity index (χ0v) is 27.4. The Bertz CT molecular complexity index is 1670. The number of carbonyl (C=O) groups is 2. The molecule has 1 spiro atoms.